The van der Waals surface area contributed by atoms with E-state index >= 15 is 0 Å². The largest absolute Gasteiger partial charge is 0.396 e. The monoisotopic (exact) mass is 362 g/mol. The molecule has 7 heteroatoms. The van der Waals surface area contributed by atoms with Crippen LogP contribution in [0.4, 0.5) is 0 Å². The molecule has 3 N–H and O–H groups in total. The molecule has 1 unspecified atom stereocenters. The average molecular weight is 362 g/mol. The predicted octanol–water partition coefficient (Wildman–Crippen LogP) is 1.24. The summed E-state index contributed by atoms with van der Waals surface area (Å²) in [4.78, 5) is 28.0. The van der Waals surface area contributed by atoms with E-state index in [1.807, 2.05) is 37.3 Å². The van der Waals surface area contributed by atoms with Gasteiger partial charge in [0.2, 0.25) is 0 Å². The van der Waals surface area contributed by atoms with Gasteiger partial charge in [0, 0.05) is 22.4 Å². The Morgan fingerprint density at radius 1 is 1.24 bits per heavy atom. The van der Waals surface area contributed by atoms with Crippen molar-refractivity contribution in [3.63, 3.8) is 0 Å². The molecule has 1 fully saturated rings. The van der Waals surface area contributed by atoms with E-state index in [0.29, 0.717) is 30.0 Å². The topological polar surface area (TPSA) is 95.3 Å². The molecule has 1 heterocycles. The van der Waals surface area contributed by atoms with Gasteiger partial charge in [-0.3, -0.25) is 14.3 Å². The van der Waals surface area contributed by atoms with Crippen LogP contribution in [0, 0.1) is 11.3 Å². The summed E-state index contributed by atoms with van der Waals surface area (Å²) in [6, 6.07) is 9.60. The zero-order chi connectivity index (χ0) is 18.0. The van der Waals surface area contributed by atoms with Crippen molar-refractivity contribution in [2.24, 2.45) is 11.3 Å². The summed E-state index contributed by atoms with van der Waals surface area (Å²) in [6.07, 6.45) is 1.18. The minimum atomic E-state index is -0.517. The van der Waals surface area contributed by atoms with E-state index in [1.165, 1.54) is 11.8 Å². The van der Waals surface area contributed by atoms with Crippen LogP contribution in [-0.4, -0.2) is 33.0 Å². The molecular weight excluding hydrogens is 340 g/mol. The number of nitrogens with zero attached hydrogens (tertiary/aromatic N) is 1. The molecule has 134 valence electrons. The van der Waals surface area contributed by atoms with Crippen molar-refractivity contribution in [3.05, 3.63) is 56.7 Å². The molecule has 0 spiro atoms. The first kappa shape index (κ1) is 18.0. The molecule has 1 saturated carbocycles. The van der Waals surface area contributed by atoms with Crippen molar-refractivity contribution >= 4 is 11.8 Å². The van der Waals surface area contributed by atoms with Gasteiger partial charge in [-0.05, 0) is 30.9 Å². The van der Waals surface area contributed by atoms with Crippen LogP contribution in [-0.2, 0) is 13.0 Å². The highest BCUT2D eigenvalue weighted by Gasteiger charge is 2.53. The Balaban J connectivity index is 2.02. The maximum Gasteiger partial charge on any atom is 0.329 e. The lowest BCUT2D eigenvalue weighted by atomic mass is 10.1. The Morgan fingerprint density at radius 3 is 2.48 bits per heavy atom. The molecule has 0 bridgehead atoms. The van der Waals surface area contributed by atoms with Gasteiger partial charge in [-0.15, -0.1) is 0 Å². The maximum absolute atomic E-state index is 12.4. The molecule has 1 aliphatic carbocycles. The molecule has 0 radical (unpaired) electrons. The first-order chi connectivity index (χ1) is 12.0. The van der Waals surface area contributed by atoms with Crippen molar-refractivity contribution in [2.75, 3.05) is 13.2 Å². The summed E-state index contributed by atoms with van der Waals surface area (Å²) in [5.74, 6) is 0.0194. The number of aliphatic hydroxyl groups is 2. The van der Waals surface area contributed by atoms with Gasteiger partial charge >= 0.3 is 5.69 Å². The normalized spacial score (nSPS) is 18.3. The fraction of sp³-hybridized carbons (Fsp3) is 0.444. The van der Waals surface area contributed by atoms with E-state index in [-0.39, 0.29) is 24.7 Å². The number of rotatable bonds is 7. The van der Waals surface area contributed by atoms with E-state index in [9.17, 15) is 19.8 Å². The third kappa shape index (κ3) is 3.44. The van der Waals surface area contributed by atoms with Gasteiger partial charge in [0.25, 0.3) is 5.56 Å². The number of nitrogens with one attached hydrogen (secondary N) is 1. The standard InChI is InChI=1S/C18H22N2O4S/c1-2-14-15(23)19-17(24)20(9-12-8-18(12,10-21)11-22)16(14)25-13-6-4-3-5-7-13/h3-7,12,21-22H,2,8-11H2,1H3,(H,19,23,24). The minimum Gasteiger partial charge on any atom is -0.396 e. The van der Waals surface area contributed by atoms with Crippen LogP contribution in [0.1, 0.15) is 18.9 Å². The predicted molar refractivity (Wildman–Crippen MR) is 96.0 cm³/mol. The molecule has 6 nitrogen and oxygen atoms in total. The van der Waals surface area contributed by atoms with E-state index in [1.54, 1.807) is 4.57 Å². The maximum atomic E-state index is 12.4. The lowest BCUT2D eigenvalue weighted by Crippen LogP contribution is -2.35. The summed E-state index contributed by atoms with van der Waals surface area (Å²) >= 11 is 1.40. The zero-order valence-electron chi connectivity index (χ0n) is 14.1. The molecule has 25 heavy (non-hydrogen) atoms. The van der Waals surface area contributed by atoms with Gasteiger partial charge in [0.05, 0.1) is 18.2 Å². The Kier molecular flexibility index (Phi) is 5.17. The molecule has 3 rings (SSSR count). The Labute approximate surface area is 149 Å². The molecule has 0 aliphatic heterocycles. The molecule has 1 atom stereocenters. The smallest absolute Gasteiger partial charge is 0.329 e. The van der Waals surface area contributed by atoms with Crippen molar-refractivity contribution in [2.45, 2.75) is 36.2 Å². The number of benzene rings is 1. The van der Waals surface area contributed by atoms with Crippen molar-refractivity contribution in [1.82, 2.24) is 9.55 Å². The fourth-order valence-corrected chi connectivity index (χ4v) is 4.28. The number of H-pyrrole nitrogens is 1. The van der Waals surface area contributed by atoms with E-state index in [4.69, 9.17) is 0 Å². The van der Waals surface area contributed by atoms with Crippen LogP contribution in [0.3, 0.4) is 0 Å². The third-order valence-corrected chi connectivity index (χ3v) is 6.11. The number of aromatic amines is 1. The molecular formula is C18H22N2O4S. The molecule has 1 aromatic heterocycles. The van der Waals surface area contributed by atoms with Crippen LogP contribution in [0.15, 0.2) is 49.8 Å². The molecule has 0 saturated heterocycles. The zero-order valence-corrected chi connectivity index (χ0v) is 14.9. The average Bonchev–Trinajstić information content (AvgIpc) is 3.33. The van der Waals surface area contributed by atoms with Gasteiger partial charge in [-0.1, -0.05) is 36.9 Å². The summed E-state index contributed by atoms with van der Waals surface area (Å²) in [5, 5.41) is 19.7. The number of hydrogen-bond acceptors (Lipinski definition) is 5. The lowest BCUT2D eigenvalue weighted by Gasteiger charge is -2.17. The lowest BCUT2D eigenvalue weighted by molar-refractivity contribution is 0.118. The van der Waals surface area contributed by atoms with Crippen molar-refractivity contribution in [3.8, 4) is 0 Å². The van der Waals surface area contributed by atoms with E-state index < -0.39 is 11.1 Å². The summed E-state index contributed by atoms with van der Waals surface area (Å²) in [7, 11) is 0. The van der Waals surface area contributed by atoms with E-state index in [2.05, 4.69) is 4.98 Å². The summed E-state index contributed by atoms with van der Waals surface area (Å²) < 4.78 is 1.58. The van der Waals surface area contributed by atoms with Crippen LogP contribution in [0.25, 0.3) is 0 Å². The van der Waals surface area contributed by atoms with Crippen molar-refractivity contribution < 1.29 is 10.2 Å². The van der Waals surface area contributed by atoms with Gasteiger partial charge in [0.15, 0.2) is 0 Å². The van der Waals surface area contributed by atoms with Crippen molar-refractivity contribution in [1.29, 1.82) is 0 Å². The summed E-state index contributed by atoms with van der Waals surface area (Å²) in [5.41, 5.74) is -0.741. The number of aromatic nitrogens is 2. The van der Waals surface area contributed by atoms with E-state index in [0.717, 1.165) is 4.90 Å². The Bertz CT molecular complexity index is 856. The summed E-state index contributed by atoms with van der Waals surface area (Å²) in [6.45, 7) is 2.05. The fourth-order valence-electron chi connectivity index (χ4n) is 3.13. The quantitative estimate of drug-likeness (QED) is 0.644. The highest BCUT2D eigenvalue weighted by molar-refractivity contribution is 7.99. The number of aliphatic hydroxyl groups excluding tert-OH is 2. The van der Waals surface area contributed by atoms with Gasteiger partial charge < -0.3 is 10.2 Å². The van der Waals surface area contributed by atoms with Gasteiger partial charge in [0.1, 0.15) is 0 Å². The van der Waals surface area contributed by atoms with Crippen LogP contribution in [0.5, 0.6) is 0 Å². The SMILES string of the molecule is CCc1c(Sc2ccccc2)n(CC2CC2(CO)CO)c(=O)[nH]c1=O. The first-order valence-electron chi connectivity index (χ1n) is 8.35. The molecule has 0 amide bonds. The Morgan fingerprint density at radius 2 is 1.92 bits per heavy atom. The second-order valence-electron chi connectivity index (χ2n) is 6.50. The highest BCUT2D eigenvalue weighted by atomic mass is 32.2. The second-order valence-corrected chi connectivity index (χ2v) is 7.56. The molecule has 1 aliphatic rings. The van der Waals surface area contributed by atoms with Crippen LogP contribution >= 0.6 is 11.8 Å². The molecule has 1 aromatic carbocycles. The first-order valence-corrected chi connectivity index (χ1v) is 9.17. The second kappa shape index (κ2) is 7.19. The van der Waals surface area contributed by atoms with Crippen LogP contribution in [0.2, 0.25) is 0 Å². The highest BCUT2D eigenvalue weighted by Crippen LogP contribution is 2.52. The minimum absolute atomic E-state index is 0.0194. The number of hydrogen-bond donors (Lipinski definition) is 3. The molecule has 2 aromatic rings. The Hall–Kier alpha value is -1.83. The van der Waals surface area contributed by atoms with Crippen LogP contribution < -0.4 is 11.2 Å². The van der Waals surface area contributed by atoms with Gasteiger partial charge in [-0.25, -0.2) is 4.79 Å². The third-order valence-electron chi connectivity index (χ3n) is 4.95. The van der Waals surface area contributed by atoms with Gasteiger partial charge in [-0.2, -0.15) is 0 Å².